The Kier molecular flexibility index (Phi) is 5.57. The zero-order valence-corrected chi connectivity index (χ0v) is 25.4. The summed E-state index contributed by atoms with van der Waals surface area (Å²) >= 11 is 0. The number of benzene rings is 8. The zero-order chi connectivity index (χ0) is 30.9. The number of fused-ring (bicyclic) bond motifs is 9. The van der Waals surface area contributed by atoms with Crippen LogP contribution in [0.25, 0.3) is 76.5 Å². The van der Waals surface area contributed by atoms with Crippen molar-refractivity contribution in [3.63, 3.8) is 0 Å². The van der Waals surface area contributed by atoms with E-state index in [1.54, 1.807) is 0 Å². The maximum Gasteiger partial charge on any atom is 0.136 e. The van der Waals surface area contributed by atoms with Crippen LogP contribution >= 0.6 is 0 Å². The maximum absolute atomic E-state index is 6.36. The molecule has 0 spiro atoms. The van der Waals surface area contributed by atoms with Crippen molar-refractivity contribution in [2.24, 2.45) is 0 Å². The molecule has 0 saturated heterocycles. The summed E-state index contributed by atoms with van der Waals surface area (Å²) in [5, 5.41) is 9.19. The predicted octanol–water partition coefficient (Wildman–Crippen LogP) is 12.9. The van der Waals surface area contributed by atoms with Crippen molar-refractivity contribution in [2.75, 3.05) is 4.90 Å². The first-order valence-corrected chi connectivity index (χ1v) is 15.9. The van der Waals surface area contributed by atoms with Crippen LogP contribution in [0.1, 0.15) is 0 Å². The van der Waals surface area contributed by atoms with Crippen molar-refractivity contribution < 1.29 is 8.83 Å². The average Bonchev–Trinajstić information content (AvgIpc) is 3.69. The van der Waals surface area contributed by atoms with E-state index in [1.807, 2.05) is 24.3 Å². The van der Waals surface area contributed by atoms with Crippen LogP contribution in [0.3, 0.4) is 0 Å². The summed E-state index contributed by atoms with van der Waals surface area (Å²) in [6.07, 6.45) is 0. The molecule has 0 atom stereocenters. The Morgan fingerprint density at radius 1 is 0.319 bits per heavy atom. The molecule has 2 aromatic heterocycles. The molecule has 0 amide bonds. The average molecular weight is 602 g/mol. The largest absolute Gasteiger partial charge is 0.456 e. The monoisotopic (exact) mass is 601 g/mol. The second-order valence-electron chi connectivity index (χ2n) is 12.1. The second kappa shape index (κ2) is 10.1. The Bertz CT molecular complexity index is 2810. The van der Waals surface area contributed by atoms with Gasteiger partial charge in [-0.1, -0.05) is 103 Å². The lowest BCUT2D eigenvalue weighted by molar-refractivity contribution is 0.668. The van der Waals surface area contributed by atoms with Crippen molar-refractivity contribution in [1.29, 1.82) is 0 Å². The van der Waals surface area contributed by atoms with Crippen LogP contribution < -0.4 is 4.90 Å². The molecule has 0 N–H and O–H groups in total. The van der Waals surface area contributed by atoms with Gasteiger partial charge in [-0.3, -0.25) is 0 Å². The van der Waals surface area contributed by atoms with Gasteiger partial charge in [0.15, 0.2) is 0 Å². The van der Waals surface area contributed by atoms with Gasteiger partial charge in [0.2, 0.25) is 0 Å². The van der Waals surface area contributed by atoms with E-state index in [2.05, 4.69) is 144 Å². The predicted molar refractivity (Wildman–Crippen MR) is 196 cm³/mol. The molecule has 3 nitrogen and oxygen atoms in total. The first-order chi connectivity index (χ1) is 23.3. The van der Waals surface area contributed by atoms with Crippen molar-refractivity contribution in [2.45, 2.75) is 0 Å². The Morgan fingerprint density at radius 2 is 0.915 bits per heavy atom. The number of furan rings is 2. The summed E-state index contributed by atoms with van der Waals surface area (Å²) in [7, 11) is 0. The number of anilines is 3. The van der Waals surface area contributed by atoms with Gasteiger partial charge in [-0.05, 0) is 87.9 Å². The second-order valence-corrected chi connectivity index (χ2v) is 12.1. The lowest BCUT2D eigenvalue weighted by Gasteiger charge is -2.28. The highest BCUT2D eigenvalue weighted by atomic mass is 16.3. The van der Waals surface area contributed by atoms with Gasteiger partial charge >= 0.3 is 0 Å². The molecule has 0 aliphatic heterocycles. The lowest BCUT2D eigenvalue weighted by Crippen LogP contribution is -2.10. The summed E-state index contributed by atoms with van der Waals surface area (Å²) < 4.78 is 12.6. The summed E-state index contributed by atoms with van der Waals surface area (Å²) in [6, 6.07) is 58.0. The van der Waals surface area contributed by atoms with Crippen LogP contribution in [0.5, 0.6) is 0 Å². The van der Waals surface area contributed by atoms with Gasteiger partial charge in [0, 0.05) is 38.3 Å². The van der Waals surface area contributed by atoms with E-state index in [9.17, 15) is 0 Å². The van der Waals surface area contributed by atoms with Crippen LogP contribution in [0.15, 0.2) is 173 Å². The fourth-order valence-corrected chi connectivity index (χ4v) is 7.23. The van der Waals surface area contributed by atoms with Crippen LogP contribution in [-0.2, 0) is 0 Å². The fourth-order valence-electron chi connectivity index (χ4n) is 7.23. The highest BCUT2D eigenvalue weighted by Crippen LogP contribution is 2.45. The minimum absolute atomic E-state index is 0.878. The molecule has 0 saturated carbocycles. The van der Waals surface area contributed by atoms with E-state index in [1.165, 1.54) is 21.7 Å². The Hall–Kier alpha value is -6.32. The normalized spacial score (nSPS) is 11.8. The first kappa shape index (κ1) is 26.0. The third kappa shape index (κ3) is 4.07. The molecule has 10 rings (SSSR count). The molecule has 0 radical (unpaired) electrons. The smallest absolute Gasteiger partial charge is 0.136 e. The van der Waals surface area contributed by atoms with Crippen molar-refractivity contribution >= 4 is 82.5 Å². The topological polar surface area (TPSA) is 29.5 Å². The molecule has 47 heavy (non-hydrogen) atoms. The number of rotatable bonds is 4. The summed E-state index contributed by atoms with van der Waals surface area (Å²) in [5.74, 6) is 0. The van der Waals surface area contributed by atoms with E-state index in [-0.39, 0.29) is 0 Å². The molecule has 220 valence electrons. The molecule has 2 heterocycles. The van der Waals surface area contributed by atoms with Crippen LogP contribution in [0, 0.1) is 0 Å². The van der Waals surface area contributed by atoms with Gasteiger partial charge in [-0.25, -0.2) is 0 Å². The molecular formula is C44H27NO2. The number of hydrogen-bond donors (Lipinski definition) is 0. The van der Waals surface area contributed by atoms with Crippen molar-refractivity contribution in [3.8, 4) is 11.1 Å². The maximum atomic E-state index is 6.36. The summed E-state index contributed by atoms with van der Waals surface area (Å²) in [5.41, 5.74) is 9.15. The fraction of sp³-hybridized carbons (Fsp3) is 0. The SMILES string of the molecule is c1ccc(-c2cccc(N(c3ccc4oc5ccccc5c4c3)c3cc4cc5oc6ccccc6c5cc4c4ccccc34)c2)cc1. The first-order valence-electron chi connectivity index (χ1n) is 15.9. The molecular weight excluding hydrogens is 574 g/mol. The minimum Gasteiger partial charge on any atom is -0.456 e. The Morgan fingerprint density at radius 3 is 1.70 bits per heavy atom. The highest BCUT2D eigenvalue weighted by Gasteiger charge is 2.20. The highest BCUT2D eigenvalue weighted by molar-refractivity contribution is 6.20. The van der Waals surface area contributed by atoms with Gasteiger partial charge < -0.3 is 13.7 Å². The molecule has 0 bridgehead atoms. The number of para-hydroxylation sites is 2. The van der Waals surface area contributed by atoms with Gasteiger partial charge in [0.25, 0.3) is 0 Å². The Balaban J connectivity index is 1.28. The van der Waals surface area contributed by atoms with Crippen molar-refractivity contribution in [3.05, 3.63) is 164 Å². The van der Waals surface area contributed by atoms with Crippen molar-refractivity contribution in [1.82, 2.24) is 0 Å². The molecule has 8 aromatic carbocycles. The molecule has 0 aliphatic carbocycles. The Labute approximate surface area is 270 Å². The molecule has 0 aliphatic rings. The molecule has 0 unspecified atom stereocenters. The van der Waals surface area contributed by atoms with E-state index >= 15 is 0 Å². The third-order valence-electron chi connectivity index (χ3n) is 9.41. The van der Waals surface area contributed by atoms with Gasteiger partial charge in [0.1, 0.15) is 22.3 Å². The molecule has 3 heteroatoms. The molecule has 10 aromatic rings. The lowest BCUT2D eigenvalue weighted by atomic mass is 9.97. The minimum atomic E-state index is 0.878. The van der Waals surface area contributed by atoms with Gasteiger partial charge in [-0.15, -0.1) is 0 Å². The third-order valence-corrected chi connectivity index (χ3v) is 9.41. The zero-order valence-electron chi connectivity index (χ0n) is 25.4. The van der Waals surface area contributed by atoms with E-state index in [0.29, 0.717) is 0 Å². The van der Waals surface area contributed by atoms with E-state index in [4.69, 9.17) is 8.83 Å². The number of nitrogens with zero attached hydrogens (tertiary/aromatic N) is 1. The van der Waals surface area contributed by atoms with E-state index < -0.39 is 0 Å². The standard InChI is InChI=1S/C44H27NO2/c1-2-11-28(12-3-1)29-13-10-14-31(23-29)45(32-21-22-43-38(26-32)35-17-6-8-19-41(35)46-43)40-24-30-25-44-39(36-18-7-9-20-42(36)47-44)27-37(30)33-15-4-5-16-34(33)40/h1-27H. The molecule has 0 fully saturated rings. The summed E-state index contributed by atoms with van der Waals surface area (Å²) in [6.45, 7) is 0. The van der Waals surface area contributed by atoms with Crippen LogP contribution in [0.2, 0.25) is 0 Å². The van der Waals surface area contributed by atoms with Gasteiger partial charge in [-0.2, -0.15) is 0 Å². The quantitative estimate of drug-likeness (QED) is 0.188. The van der Waals surface area contributed by atoms with Crippen LogP contribution in [0.4, 0.5) is 17.1 Å². The summed E-state index contributed by atoms with van der Waals surface area (Å²) in [4.78, 5) is 2.39. The van der Waals surface area contributed by atoms with E-state index in [0.717, 1.165) is 71.9 Å². The van der Waals surface area contributed by atoms with Crippen LogP contribution in [-0.4, -0.2) is 0 Å². The number of hydrogen-bond acceptors (Lipinski definition) is 3. The van der Waals surface area contributed by atoms with Gasteiger partial charge in [0.05, 0.1) is 5.69 Å².